The van der Waals surface area contributed by atoms with Crippen LogP contribution >= 0.6 is 11.3 Å². The van der Waals surface area contributed by atoms with Gasteiger partial charge in [-0.05, 0) is 61.8 Å². The summed E-state index contributed by atoms with van der Waals surface area (Å²) < 4.78 is 39.2. The predicted octanol–water partition coefficient (Wildman–Crippen LogP) is 6.83. The SMILES string of the molecule is N#Cc1c(N2C(=O)C[C@H](c3ccc(C(F)(F)F)cc3)C3=C2CCCC3=O)sc2c1CCCCCC2. The van der Waals surface area contributed by atoms with Gasteiger partial charge in [0.05, 0.1) is 11.1 Å². The maximum absolute atomic E-state index is 13.6. The number of halogens is 3. The van der Waals surface area contributed by atoms with Crippen LogP contribution in [0, 0.1) is 11.3 Å². The third-order valence-corrected chi connectivity index (χ3v) is 8.56. The molecule has 1 amide bonds. The minimum absolute atomic E-state index is 0.0105. The number of nitrogens with zero attached hydrogens (tertiary/aromatic N) is 2. The van der Waals surface area contributed by atoms with Gasteiger partial charge in [0, 0.05) is 34.9 Å². The number of amides is 1. The van der Waals surface area contributed by atoms with Crippen molar-refractivity contribution < 1.29 is 22.8 Å². The number of rotatable bonds is 2. The van der Waals surface area contributed by atoms with Crippen LogP contribution in [0.3, 0.4) is 0 Å². The summed E-state index contributed by atoms with van der Waals surface area (Å²) in [5.74, 6) is -0.855. The predicted molar refractivity (Wildman–Crippen MR) is 127 cm³/mol. The number of hydrogen-bond acceptors (Lipinski definition) is 4. The second-order valence-corrected chi connectivity index (χ2v) is 10.5. The minimum Gasteiger partial charge on any atom is -0.294 e. The number of aryl methyl sites for hydroxylation is 1. The first kappa shape index (κ1) is 23.8. The minimum atomic E-state index is -4.45. The van der Waals surface area contributed by atoms with E-state index in [1.54, 1.807) is 4.90 Å². The molecular formula is C27H25F3N2O2S. The highest BCUT2D eigenvalue weighted by atomic mass is 32.1. The molecule has 0 unspecified atom stereocenters. The number of carbonyl (C=O) groups excluding carboxylic acids is 2. The summed E-state index contributed by atoms with van der Waals surface area (Å²) >= 11 is 1.49. The number of anilines is 1. The Morgan fingerprint density at radius 3 is 2.34 bits per heavy atom. The molecule has 5 rings (SSSR count). The second-order valence-electron chi connectivity index (χ2n) is 9.45. The summed E-state index contributed by atoms with van der Waals surface area (Å²) in [4.78, 5) is 29.5. The fourth-order valence-corrected chi connectivity index (χ4v) is 6.98. The number of alkyl halides is 3. The Morgan fingerprint density at radius 1 is 0.943 bits per heavy atom. The van der Waals surface area contributed by atoms with Gasteiger partial charge >= 0.3 is 6.18 Å². The molecule has 1 aliphatic heterocycles. The molecule has 0 radical (unpaired) electrons. The molecule has 35 heavy (non-hydrogen) atoms. The van der Waals surface area contributed by atoms with Crippen molar-refractivity contribution in [2.75, 3.05) is 4.90 Å². The average Bonchev–Trinajstić information content (AvgIpc) is 3.13. The Labute approximate surface area is 206 Å². The van der Waals surface area contributed by atoms with Crippen molar-refractivity contribution in [2.45, 2.75) is 76.3 Å². The molecule has 1 aromatic heterocycles. The summed E-state index contributed by atoms with van der Waals surface area (Å²) in [6, 6.07) is 7.11. The van der Waals surface area contributed by atoms with E-state index in [4.69, 9.17) is 0 Å². The highest BCUT2D eigenvalue weighted by Gasteiger charge is 2.42. The number of hydrogen-bond donors (Lipinski definition) is 0. The fraction of sp³-hybridized carbons (Fsp3) is 0.444. The van der Waals surface area contributed by atoms with Gasteiger partial charge in [0.1, 0.15) is 11.1 Å². The third-order valence-electron chi connectivity index (χ3n) is 7.28. The van der Waals surface area contributed by atoms with E-state index in [0.29, 0.717) is 46.7 Å². The van der Waals surface area contributed by atoms with Crippen LogP contribution in [0.1, 0.15) is 84.4 Å². The lowest BCUT2D eigenvalue weighted by molar-refractivity contribution is -0.137. The normalized spacial score (nSPS) is 21.2. The van der Waals surface area contributed by atoms with Crippen LogP contribution in [0.2, 0.25) is 0 Å². The van der Waals surface area contributed by atoms with Gasteiger partial charge < -0.3 is 0 Å². The number of benzene rings is 1. The summed E-state index contributed by atoms with van der Waals surface area (Å²) in [5, 5.41) is 10.7. The van der Waals surface area contributed by atoms with Crippen LogP contribution in [-0.4, -0.2) is 11.7 Å². The Balaban J connectivity index is 1.61. The lowest BCUT2D eigenvalue weighted by Crippen LogP contribution is -2.40. The summed E-state index contributed by atoms with van der Waals surface area (Å²) in [6.45, 7) is 0. The molecule has 0 bridgehead atoms. The van der Waals surface area contributed by atoms with E-state index in [1.807, 2.05) is 0 Å². The summed E-state index contributed by atoms with van der Waals surface area (Å²) in [7, 11) is 0. The van der Waals surface area contributed by atoms with Crippen molar-refractivity contribution in [3.63, 3.8) is 0 Å². The molecule has 2 aliphatic carbocycles. The van der Waals surface area contributed by atoms with E-state index in [0.717, 1.165) is 61.1 Å². The average molecular weight is 499 g/mol. The zero-order chi connectivity index (χ0) is 24.7. The largest absolute Gasteiger partial charge is 0.416 e. The molecule has 1 aromatic carbocycles. The third kappa shape index (κ3) is 4.31. The van der Waals surface area contributed by atoms with Crippen LogP contribution in [0.15, 0.2) is 35.5 Å². The van der Waals surface area contributed by atoms with Gasteiger partial charge in [0.2, 0.25) is 5.91 Å². The van der Waals surface area contributed by atoms with E-state index in [9.17, 15) is 28.0 Å². The Hall–Kier alpha value is -2.92. The highest BCUT2D eigenvalue weighted by Crippen LogP contribution is 2.48. The van der Waals surface area contributed by atoms with Crippen molar-refractivity contribution in [2.24, 2.45) is 0 Å². The molecule has 2 heterocycles. The lowest BCUT2D eigenvalue weighted by Gasteiger charge is -2.38. The molecule has 8 heteroatoms. The van der Waals surface area contributed by atoms with Crippen molar-refractivity contribution >= 4 is 28.0 Å². The van der Waals surface area contributed by atoms with E-state index in [2.05, 4.69) is 6.07 Å². The zero-order valence-electron chi connectivity index (χ0n) is 19.2. The van der Waals surface area contributed by atoms with Gasteiger partial charge in [0.25, 0.3) is 0 Å². The molecule has 182 valence electrons. The van der Waals surface area contributed by atoms with Gasteiger partial charge in [-0.25, -0.2) is 0 Å². The van der Waals surface area contributed by atoms with Crippen LogP contribution in [0.4, 0.5) is 18.2 Å². The molecule has 0 spiro atoms. The zero-order valence-corrected chi connectivity index (χ0v) is 20.0. The molecule has 0 saturated carbocycles. The van der Waals surface area contributed by atoms with E-state index < -0.39 is 17.7 Å². The number of nitriles is 1. The van der Waals surface area contributed by atoms with Crippen LogP contribution in [0.5, 0.6) is 0 Å². The molecular weight excluding hydrogens is 473 g/mol. The van der Waals surface area contributed by atoms with Crippen molar-refractivity contribution in [1.29, 1.82) is 5.26 Å². The molecule has 0 saturated heterocycles. The quantitative estimate of drug-likeness (QED) is 0.456. The number of fused-ring (bicyclic) bond motifs is 1. The monoisotopic (exact) mass is 498 g/mol. The fourth-order valence-electron chi connectivity index (χ4n) is 5.60. The molecule has 3 aliphatic rings. The van der Waals surface area contributed by atoms with Crippen molar-refractivity contribution in [3.8, 4) is 6.07 Å². The Bertz CT molecular complexity index is 1250. The molecule has 1 atom stereocenters. The van der Waals surface area contributed by atoms with Crippen LogP contribution < -0.4 is 4.90 Å². The first-order chi connectivity index (χ1) is 16.8. The number of Topliss-reactive ketones (excluding diaryl/α,β-unsaturated/α-hetero) is 1. The summed E-state index contributed by atoms with van der Waals surface area (Å²) in [5.41, 5.74) is 2.48. The van der Waals surface area contributed by atoms with Gasteiger partial charge in [0.15, 0.2) is 5.78 Å². The Kier molecular flexibility index (Phi) is 6.30. The highest BCUT2D eigenvalue weighted by molar-refractivity contribution is 7.16. The Morgan fingerprint density at radius 2 is 1.66 bits per heavy atom. The summed E-state index contributed by atoms with van der Waals surface area (Å²) in [6.07, 6.45) is 3.05. The molecule has 2 aromatic rings. The molecule has 4 nitrogen and oxygen atoms in total. The number of carbonyl (C=O) groups is 2. The molecule has 0 N–H and O–H groups in total. The van der Waals surface area contributed by atoms with Gasteiger partial charge in [-0.1, -0.05) is 25.0 Å². The number of ketones is 1. The topological polar surface area (TPSA) is 61.2 Å². The van der Waals surface area contributed by atoms with Crippen LogP contribution in [0.25, 0.3) is 0 Å². The number of allylic oxidation sites excluding steroid dienone is 2. The van der Waals surface area contributed by atoms with Gasteiger partial charge in [-0.15, -0.1) is 11.3 Å². The van der Waals surface area contributed by atoms with Crippen LogP contribution in [-0.2, 0) is 28.6 Å². The number of thiophene rings is 1. The maximum Gasteiger partial charge on any atom is 0.416 e. The van der Waals surface area contributed by atoms with Crippen molar-refractivity contribution in [3.05, 3.63) is 62.7 Å². The second kappa shape index (κ2) is 9.27. The van der Waals surface area contributed by atoms with Gasteiger partial charge in [-0.3, -0.25) is 14.5 Å². The smallest absolute Gasteiger partial charge is 0.294 e. The van der Waals surface area contributed by atoms with Gasteiger partial charge in [-0.2, -0.15) is 18.4 Å². The van der Waals surface area contributed by atoms with E-state index in [1.165, 1.54) is 23.5 Å². The maximum atomic E-state index is 13.6. The first-order valence-electron chi connectivity index (χ1n) is 12.1. The van der Waals surface area contributed by atoms with Crippen molar-refractivity contribution in [1.82, 2.24) is 0 Å². The van der Waals surface area contributed by atoms with E-state index in [-0.39, 0.29) is 18.1 Å². The standard InChI is InChI=1S/C27H25F3N2O2S/c28-27(29,30)17-12-10-16(11-13-17)19-14-24(34)32(21-7-5-8-22(33)25(19)21)26-20(15-31)18-6-3-1-2-4-9-23(18)35-26/h10-13,19H,1-9,14H2/t19-/m1/s1. The first-order valence-corrected chi connectivity index (χ1v) is 12.9. The van der Waals surface area contributed by atoms with E-state index >= 15 is 0 Å². The lowest BCUT2D eigenvalue weighted by atomic mass is 9.77. The molecule has 0 fully saturated rings.